The molecule has 1 aromatic heterocycles. The van der Waals surface area contributed by atoms with E-state index in [1.54, 1.807) is 23.5 Å². The van der Waals surface area contributed by atoms with Crippen LogP contribution in [0.1, 0.15) is 21.5 Å². The van der Waals surface area contributed by atoms with Crippen molar-refractivity contribution in [3.8, 4) is 0 Å². The fourth-order valence-electron chi connectivity index (χ4n) is 2.13. The van der Waals surface area contributed by atoms with E-state index in [9.17, 15) is 4.79 Å². The van der Waals surface area contributed by atoms with Gasteiger partial charge in [0.25, 0.3) is 0 Å². The second-order valence-corrected chi connectivity index (χ2v) is 5.46. The van der Waals surface area contributed by atoms with Gasteiger partial charge in [-0.25, -0.2) is 0 Å². The number of ketones is 1. The van der Waals surface area contributed by atoms with Gasteiger partial charge in [-0.15, -0.1) is 11.3 Å². The first-order valence-electron chi connectivity index (χ1n) is 6.04. The van der Waals surface area contributed by atoms with E-state index >= 15 is 0 Å². The van der Waals surface area contributed by atoms with Crippen LogP contribution in [0.25, 0.3) is 10.1 Å². The molecule has 3 rings (SSSR count). The van der Waals surface area contributed by atoms with Crippen LogP contribution in [0.5, 0.6) is 0 Å². The number of nitrogens with two attached hydrogens (primary N) is 1. The maximum absolute atomic E-state index is 12.6. The van der Waals surface area contributed by atoms with Gasteiger partial charge in [-0.2, -0.15) is 0 Å². The molecule has 0 aliphatic heterocycles. The van der Waals surface area contributed by atoms with Crippen molar-refractivity contribution >= 4 is 32.9 Å². The number of carbonyl (C=O) groups is 1. The molecule has 94 valence electrons. The number of nitrogen functional groups attached to an aromatic ring is 1. The third kappa shape index (κ3) is 2.02. The summed E-state index contributed by atoms with van der Waals surface area (Å²) >= 11 is 1.60. The minimum Gasteiger partial charge on any atom is -0.399 e. The highest BCUT2D eigenvalue weighted by Crippen LogP contribution is 2.28. The molecule has 1 heterocycles. The first kappa shape index (κ1) is 11.9. The highest BCUT2D eigenvalue weighted by Gasteiger charge is 2.14. The van der Waals surface area contributed by atoms with Gasteiger partial charge in [-0.3, -0.25) is 4.79 Å². The van der Waals surface area contributed by atoms with Crippen LogP contribution in [0.2, 0.25) is 0 Å². The van der Waals surface area contributed by atoms with Gasteiger partial charge in [-0.05, 0) is 36.8 Å². The number of thiophene rings is 1. The molecular weight excluding hydrogens is 254 g/mol. The molecule has 0 unspecified atom stereocenters. The topological polar surface area (TPSA) is 43.1 Å². The monoisotopic (exact) mass is 267 g/mol. The lowest BCUT2D eigenvalue weighted by atomic mass is 10.0. The van der Waals surface area contributed by atoms with E-state index in [0.717, 1.165) is 21.2 Å². The lowest BCUT2D eigenvalue weighted by Crippen LogP contribution is -2.01. The summed E-state index contributed by atoms with van der Waals surface area (Å²) in [5.41, 5.74) is 8.90. The van der Waals surface area contributed by atoms with Gasteiger partial charge in [0.1, 0.15) is 0 Å². The molecule has 0 saturated heterocycles. The quantitative estimate of drug-likeness (QED) is 0.563. The van der Waals surface area contributed by atoms with E-state index in [0.29, 0.717) is 11.3 Å². The van der Waals surface area contributed by atoms with Crippen molar-refractivity contribution in [3.63, 3.8) is 0 Å². The number of carbonyl (C=O) groups excluding carboxylic acids is 1. The summed E-state index contributed by atoms with van der Waals surface area (Å²) in [6.45, 7) is 1.91. The van der Waals surface area contributed by atoms with Crippen LogP contribution in [0.3, 0.4) is 0 Å². The molecule has 0 aliphatic rings. The molecule has 0 radical (unpaired) electrons. The third-order valence-corrected chi connectivity index (χ3v) is 4.22. The number of rotatable bonds is 2. The van der Waals surface area contributed by atoms with Crippen LogP contribution < -0.4 is 5.73 Å². The number of hydrogen-bond donors (Lipinski definition) is 1. The van der Waals surface area contributed by atoms with Gasteiger partial charge in [0, 0.05) is 32.3 Å². The Labute approximate surface area is 115 Å². The van der Waals surface area contributed by atoms with Crippen LogP contribution in [0.15, 0.2) is 47.8 Å². The predicted molar refractivity (Wildman–Crippen MR) is 80.8 cm³/mol. The van der Waals surface area contributed by atoms with Crippen LogP contribution in [0, 0.1) is 6.92 Å². The molecule has 0 spiro atoms. The standard InChI is InChI=1S/C16H13NOS/c1-10-8-11(6-7-14(10)17)16(18)13-9-19-15-5-3-2-4-12(13)15/h2-9H,17H2,1H3. The van der Waals surface area contributed by atoms with E-state index < -0.39 is 0 Å². The van der Waals surface area contributed by atoms with Crippen molar-refractivity contribution < 1.29 is 4.79 Å². The lowest BCUT2D eigenvalue weighted by Gasteiger charge is -2.04. The Bertz CT molecular complexity index is 773. The van der Waals surface area contributed by atoms with Crippen LogP contribution >= 0.6 is 11.3 Å². The number of anilines is 1. The number of fused-ring (bicyclic) bond motifs is 1. The van der Waals surface area contributed by atoms with Crippen LogP contribution in [-0.4, -0.2) is 5.78 Å². The Morgan fingerprint density at radius 1 is 1.16 bits per heavy atom. The van der Waals surface area contributed by atoms with Gasteiger partial charge < -0.3 is 5.73 Å². The maximum Gasteiger partial charge on any atom is 0.194 e. The summed E-state index contributed by atoms with van der Waals surface area (Å²) in [5, 5.41) is 2.95. The lowest BCUT2D eigenvalue weighted by molar-refractivity contribution is 0.104. The average molecular weight is 267 g/mol. The fraction of sp³-hybridized carbons (Fsp3) is 0.0625. The summed E-state index contributed by atoms with van der Waals surface area (Å²) in [6.07, 6.45) is 0. The Balaban J connectivity index is 2.11. The largest absolute Gasteiger partial charge is 0.399 e. The summed E-state index contributed by atoms with van der Waals surface area (Å²) < 4.78 is 1.14. The van der Waals surface area contributed by atoms with Gasteiger partial charge in [0.15, 0.2) is 5.78 Å². The molecular formula is C16H13NOS. The van der Waals surface area contributed by atoms with Crippen molar-refractivity contribution in [2.75, 3.05) is 5.73 Å². The fourth-order valence-corrected chi connectivity index (χ4v) is 3.07. The van der Waals surface area contributed by atoms with E-state index in [2.05, 4.69) is 0 Å². The summed E-state index contributed by atoms with van der Waals surface area (Å²) in [7, 11) is 0. The van der Waals surface area contributed by atoms with E-state index in [4.69, 9.17) is 5.73 Å². The molecule has 2 aromatic carbocycles. The second-order valence-electron chi connectivity index (χ2n) is 4.55. The minimum atomic E-state index is 0.0561. The summed E-state index contributed by atoms with van der Waals surface area (Å²) in [6, 6.07) is 13.4. The first-order chi connectivity index (χ1) is 9.16. The SMILES string of the molecule is Cc1cc(C(=O)c2csc3ccccc23)ccc1N. The van der Waals surface area contributed by atoms with Gasteiger partial charge >= 0.3 is 0 Å². The second kappa shape index (κ2) is 4.52. The molecule has 0 atom stereocenters. The van der Waals surface area contributed by atoms with Crippen molar-refractivity contribution in [2.45, 2.75) is 6.92 Å². The highest BCUT2D eigenvalue weighted by atomic mass is 32.1. The normalized spacial score (nSPS) is 10.8. The van der Waals surface area contributed by atoms with Gasteiger partial charge in [0.05, 0.1) is 0 Å². The molecule has 19 heavy (non-hydrogen) atoms. The van der Waals surface area contributed by atoms with E-state index in [1.165, 1.54) is 0 Å². The van der Waals surface area contributed by atoms with Crippen molar-refractivity contribution in [1.82, 2.24) is 0 Å². The Morgan fingerprint density at radius 3 is 2.74 bits per heavy atom. The maximum atomic E-state index is 12.6. The zero-order valence-corrected chi connectivity index (χ0v) is 11.3. The van der Waals surface area contributed by atoms with Gasteiger partial charge in [-0.1, -0.05) is 18.2 Å². The molecule has 3 heteroatoms. The molecule has 2 N–H and O–H groups in total. The predicted octanol–water partition coefficient (Wildman–Crippen LogP) is 4.02. The molecule has 0 bridgehead atoms. The third-order valence-electron chi connectivity index (χ3n) is 3.26. The molecule has 0 saturated carbocycles. The Hall–Kier alpha value is -2.13. The Kier molecular flexibility index (Phi) is 2.84. The Morgan fingerprint density at radius 2 is 1.95 bits per heavy atom. The highest BCUT2D eigenvalue weighted by molar-refractivity contribution is 7.17. The number of aryl methyl sites for hydroxylation is 1. The molecule has 0 aliphatic carbocycles. The van der Waals surface area contributed by atoms with Crippen LogP contribution in [-0.2, 0) is 0 Å². The van der Waals surface area contributed by atoms with Crippen LogP contribution in [0.4, 0.5) is 5.69 Å². The average Bonchev–Trinajstić information content (AvgIpc) is 2.85. The smallest absolute Gasteiger partial charge is 0.194 e. The number of benzene rings is 2. The van der Waals surface area contributed by atoms with Crippen molar-refractivity contribution in [2.24, 2.45) is 0 Å². The zero-order valence-electron chi connectivity index (χ0n) is 10.5. The summed E-state index contributed by atoms with van der Waals surface area (Å²) in [4.78, 5) is 12.6. The molecule has 0 amide bonds. The van der Waals surface area contributed by atoms with Crippen molar-refractivity contribution in [1.29, 1.82) is 0 Å². The van der Waals surface area contributed by atoms with Crippen molar-refractivity contribution in [3.05, 3.63) is 64.5 Å². The van der Waals surface area contributed by atoms with Gasteiger partial charge in [0.2, 0.25) is 0 Å². The molecule has 2 nitrogen and oxygen atoms in total. The van der Waals surface area contributed by atoms with E-state index in [1.807, 2.05) is 42.6 Å². The zero-order chi connectivity index (χ0) is 13.4. The summed E-state index contributed by atoms with van der Waals surface area (Å²) in [5.74, 6) is 0.0561. The van der Waals surface area contributed by atoms with E-state index in [-0.39, 0.29) is 5.78 Å². The number of hydrogen-bond acceptors (Lipinski definition) is 3. The minimum absolute atomic E-state index is 0.0561. The first-order valence-corrected chi connectivity index (χ1v) is 6.92. The molecule has 0 fully saturated rings. The molecule has 3 aromatic rings.